The second-order valence-electron chi connectivity index (χ2n) is 6.20. The monoisotopic (exact) mass is 363 g/mol. The van der Waals surface area contributed by atoms with Crippen LogP contribution in [0, 0.1) is 0 Å². The van der Waals surface area contributed by atoms with Crippen LogP contribution in [0.2, 0.25) is 0 Å². The summed E-state index contributed by atoms with van der Waals surface area (Å²) in [6, 6.07) is 3.04. The number of anilines is 3. The van der Waals surface area contributed by atoms with Gasteiger partial charge in [0.25, 0.3) is 0 Å². The summed E-state index contributed by atoms with van der Waals surface area (Å²) < 4.78 is 32.8. The highest BCUT2D eigenvalue weighted by Crippen LogP contribution is 2.33. The lowest BCUT2D eigenvalue weighted by Gasteiger charge is -2.27. The molecule has 0 atom stereocenters. The highest BCUT2D eigenvalue weighted by Gasteiger charge is 2.28. The molecule has 26 heavy (non-hydrogen) atoms. The van der Waals surface area contributed by atoms with Crippen molar-refractivity contribution in [1.29, 1.82) is 0 Å². The average molecular weight is 363 g/mol. The molecule has 1 amide bonds. The molecule has 9 heteroatoms. The van der Waals surface area contributed by atoms with Crippen molar-refractivity contribution in [2.75, 3.05) is 10.6 Å². The third-order valence-corrected chi connectivity index (χ3v) is 3.83. The molecule has 0 bridgehead atoms. The summed E-state index contributed by atoms with van der Waals surface area (Å²) >= 11 is 0. The molecule has 1 saturated carbocycles. The van der Waals surface area contributed by atoms with Crippen LogP contribution in [-0.4, -0.2) is 27.0 Å². The zero-order valence-electron chi connectivity index (χ0n) is 14.4. The summed E-state index contributed by atoms with van der Waals surface area (Å²) in [7, 11) is 0. The fraction of sp³-hybridized carbons (Fsp3) is 0.412. The van der Waals surface area contributed by atoms with Gasteiger partial charge in [0.1, 0.15) is 11.6 Å². The number of amides is 1. The lowest BCUT2D eigenvalue weighted by atomic mass is 9.96. The average Bonchev–Trinajstić information content (AvgIpc) is 2.51. The van der Waals surface area contributed by atoms with Gasteiger partial charge in [0.2, 0.25) is 11.7 Å². The Balaban J connectivity index is 1.89. The van der Waals surface area contributed by atoms with E-state index < -0.39 is 11.7 Å². The number of ether oxygens (including phenoxy) is 1. The number of nitrogens with zero attached hydrogens (tertiary/aromatic N) is 3. The number of pyridine rings is 1. The Morgan fingerprint density at radius 2 is 2.08 bits per heavy atom. The maximum absolute atomic E-state index is 13.5. The highest BCUT2D eigenvalue weighted by atomic mass is 19.3. The summed E-state index contributed by atoms with van der Waals surface area (Å²) in [5.74, 6) is -3.04. The van der Waals surface area contributed by atoms with Crippen LogP contribution in [0.25, 0.3) is 0 Å². The van der Waals surface area contributed by atoms with Gasteiger partial charge >= 0.3 is 5.92 Å². The topological polar surface area (TPSA) is 89.0 Å². The molecule has 1 aliphatic rings. The van der Waals surface area contributed by atoms with E-state index in [0.29, 0.717) is 17.3 Å². The Labute approximate surface area is 149 Å². The van der Waals surface area contributed by atoms with Crippen LogP contribution in [0.3, 0.4) is 0 Å². The van der Waals surface area contributed by atoms with Gasteiger partial charge in [-0.25, -0.2) is 15.0 Å². The minimum atomic E-state index is -3.15. The molecule has 0 saturated heterocycles. The molecule has 0 radical (unpaired) electrons. The van der Waals surface area contributed by atoms with E-state index in [0.717, 1.165) is 26.2 Å². The van der Waals surface area contributed by atoms with Crippen molar-refractivity contribution in [3.05, 3.63) is 30.4 Å². The molecule has 2 aromatic heterocycles. The quantitative estimate of drug-likeness (QED) is 0.815. The molecular formula is C17H19F2N5O2. The predicted octanol–water partition coefficient (Wildman–Crippen LogP) is 3.62. The zero-order valence-corrected chi connectivity index (χ0v) is 14.4. The number of aromatic nitrogens is 3. The van der Waals surface area contributed by atoms with Crippen LogP contribution >= 0.6 is 0 Å². The number of hydrogen-bond acceptors (Lipinski definition) is 6. The number of halogens is 2. The van der Waals surface area contributed by atoms with E-state index in [2.05, 4.69) is 25.6 Å². The smallest absolute Gasteiger partial charge is 0.303 e. The number of carbonyl (C=O) groups excluding carboxylic acids is 1. The first-order valence-electron chi connectivity index (χ1n) is 8.24. The van der Waals surface area contributed by atoms with Crippen molar-refractivity contribution < 1.29 is 18.3 Å². The van der Waals surface area contributed by atoms with Gasteiger partial charge in [-0.15, -0.1) is 0 Å². The molecule has 0 aliphatic heterocycles. The summed E-state index contributed by atoms with van der Waals surface area (Å²) in [5.41, 5.74) is 0.472. The Hall–Kier alpha value is -2.84. The minimum Gasteiger partial charge on any atom is -0.487 e. The van der Waals surface area contributed by atoms with Gasteiger partial charge < -0.3 is 15.4 Å². The summed E-state index contributed by atoms with van der Waals surface area (Å²) in [6.07, 6.45) is 5.85. The minimum absolute atomic E-state index is 0.102. The Kier molecular flexibility index (Phi) is 4.97. The second-order valence-corrected chi connectivity index (χ2v) is 6.20. The van der Waals surface area contributed by atoms with Crippen LogP contribution in [0.4, 0.5) is 26.1 Å². The molecule has 138 valence electrons. The summed E-state index contributed by atoms with van der Waals surface area (Å²) in [6.45, 7) is 2.10. The van der Waals surface area contributed by atoms with E-state index in [1.165, 1.54) is 25.4 Å². The van der Waals surface area contributed by atoms with Gasteiger partial charge in [0.15, 0.2) is 5.75 Å². The molecule has 7 nitrogen and oxygen atoms in total. The number of alkyl halides is 2. The van der Waals surface area contributed by atoms with E-state index in [1.54, 1.807) is 6.07 Å². The van der Waals surface area contributed by atoms with Gasteiger partial charge in [-0.1, -0.05) is 0 Å². The molecule has 3 rings (SSSR count). The fourth-order valence-electron chi connectivity index (χ4n) is 2.33. The maximum atomic E-state index is 13.5. The van der Waals surface area contributed by atoms with Crippen molar-refractivity contribution >= 4 is 23.2 Å². The molecule has 1 fully saturated rings. The van der Waals surface area contributed by atoms with Gasteiger partial charge in [-0.05, 0) is 25.3 Å². The number of rotatable bonds is 6. The highest BCUT2D eigenvalue weighted by molar-refractivity contribution is 5.88. The molecule has 2 heterocycles. The normalized spacial score (nSPS) is 14.5. The number of nitrogens with one attached hydrogen (secondary N) is 2. The lowest BCUT2D eigenvalue weighted by molar-refractivity contribution is -0.114. The first-order chi connectivity index (χ1) is 12.3. The Morgan fingerprint density at radius 3 is 2.69 bits per heavy atom. The standard InChI is InChI=1S/C17H19F2N5O2/c1-10(25)22-15-8-12(13(9-21-15)26-11-4-3-5-11)23-14-6-7-20-16(24-14)17(2,18)19/h6-9,11H,3-5H2,1-2H3,(H2,20,21,22,23,24,25). The molecule has 0 unspecified atom stereocenters. The number of hydrogen-bond donors (Lipinski definition) is 2. The van der Waals surface area contributed by atoms with E-state index >= 15 is 0 Å². The van der Waals surface area contributed by atoms with Crippen molar-refractivity contribution in [2.45, 2.75) is 45.1 Å². The summed E-state index contributed by atoms with van der Waals surface area (Å²) in [4.78, 5) is 22.8. The van der Waals surface area contributed by atoms with E-state index in [-0.39, 0.29) is 17.8 Å². The van der Waals surface area contributed by atoms with E-state index in [1.807, 2.05) is 0 Å². The van der Waals surface area contributed by atoms with Crippen LogP contribution in [0.5, 0.6) is 5.75 Å². The van der Waals surface area contributed by atoms with Crippen LogP contribution in [-0.2, 0) is 10.7 Å². The third kappa shape index (κ3) is 4.41. The van der Waals surface area contributed by atoms with Crippen LogP contribution in [0.15, 0.2) is 24.5 Å². The van der Waals surface area contributed by atoms with E-state index in [9.17, 15) is 13.6 Å². The van der Waals surface area contributed by atoms with Crippen LogP contribution < -0.4 is 15.4 Å². The van der Waals surface area contributed by atoms with Crippen molar-refractivity contribution in [3.8, 4) is 5.75 Å². The second kappa shape index (κ2) is 7.19. The first kappa shape index (κ1) is 18.0. The Bertz CT molecular complexity index is 806. The molecule has 1 aliphatic carbocycles. The number of carbonyl (C=O) groups is 1. The van der Waals surface area contributed by atoms with Gasteiger partial charge in [0.05, 0.1) is 18.0 Å². The lowest BCUT2D eigenvalue weighted by Crippen LogP contribution is -2.25. The third-order valence-electron chi connectivity index (χ3n) is 3.83. The first-order valence-corrected chi connectivity index (χ1v) is 8.24. The molecule has 2 aromatic rings. The van der Waals surface area contributed by atoms with Crippen LogP contribution in [0.1, 0.15) is 38.9 Å². The maximum Gasteiger partial charge on any atom is 0.303 e. The van der Waals surface area contributed by atoms with Crippen molar-refractivity contribution in [2.24, 2.45) is 0 Å². The van der Waals surface area contributed by atoms with Crippen molar-refractivity contribution in [3.63, 3.8) is 0 Å². The molecule has 0 spiro atoms. The van der Waals surface area contributed by atoms with Crippen molar-refractivity contribution in [1.82, 2.24) is 15.0 Å². The molecular weight excluding hydrogens is 344 g/mol. The molecule has 0 aromatic carbocycles. The predicted molar refractivity (Wildman–Crippen MR) is 91.7 cm³/mol. The van der Waals surface area contributed by atoms with E-state index in [4.69, 9.17) is 4.74 Å². The van der Waals surface area contributed by atoms with Gasteiger partial charge in [-0.2, -0.15) is 8.78 Å². The van der Waals surface area contributed by atoms with Gasteiger partial charge in [-0.3, -0.25) is 4.79 Å². The Morgan fingerprint density at radius 1 is 1.31 bits per heavy atom. The van der Waals surface area contributed by atoms with Gasteiger partial charge in [0, 0.05) is 26.1 Å². The SMILES string of the molecule is CC(=O)Nc1cc(Nc2ccnc(C(C)(F)F)n2)c(OC2CCC2)cn1. The zero-order chi connectivity index (χ0) is 18.7. The molecule has 2 N–H and O–H groups in total. The summed E-state index contributed by atoms with van der Waals surface area (Å²) in [5, 5.41) is 5.53. The fourth-order valence-corrected chi connectivity index (χ4v) is 2.33. The largest absolute Gasteiger partial charge is 0.487 e.